The summed E-state index contributed by atoms with van der Waals surface area (Å²) < 4.78 is 25.2. The van der Waals surface area contributed by atoms with Crippen LogP contribution in [0.5, 0.6) is 0 Å². The van der Waals surface area contributed by atoms with E-state index in [1.807, 2.05) is 0 Å². The number of aromatic nitrogens is 1. The third kappa shape index (κ3) is 3.74. The second kappa shape index (κ2) is 5.98. The quantitative estimate of drug-likeness (QED) is 0.865. The van der Waals surface area contributed by atoms with Gasteiger partial charge >= 0.3 is 0 Å². The summed E-state index contributed by atoms with van der Waals surface area (Å²) in [7, 11) is -3.09. The SMILES string of the molecule is O=C(NCCN1CCCS1(=O)=O)c1cncc(Br)c1. The van der Waals surface area contributed by atoms with E-state index >= 15 is 0 Å². The Morgan fingerprint density at radius 2 is 2.26 bits per heavy atom. The normalized spacial score (nSPS) is 18.4. The van der Waals surface area contributed by atoms with Crippen molar-refractivity contribution in [2.24, 2.45) is 0 Å². The molecule has 1 amide bonds. The van der Waals surface area contributed by atoms with Gasteiger partial charge in [-0.05, 0) is 28.4 Å². The first-order valence-electron chi connectivity index (χ1n) is 5.85. The first-order chi connectivity index (χ1) is 8.99. The first-order valence-corrected chi connectivity index (χ1v) is 8.26. The van der Waals surface area contributed by atoms with Crippen molar-refractivity contribution < 1.29 is 13.2 Å². The molecule has 1 aromatic rings. The monoisotopic (exact) mass is 347 g/mol. The van der Waals surface area contributed by atoms with E-state index in [4.69, 9.17) is 0 Å². The minimum absolute atomic E-state index is 0.205. The molecular weight excluding hydrogens is 334 g/mol. The van der Waals surface area contributed by atoms with Gasteiger partial charge in [0.15, 0.2) is 0 Å². The van der Waals surface area contributed by atoms with Crippen molar-refractivity contribution in [1.29, 1.82) is 0 Å². The van der Waals surface area contributed by atoms with Crippen LogP contribution in [0.15, 0.2) is 22.9 Å². The standard InChI is InChI=1S/C11H14BrN3O3S/c12-10-6-9(7-13-8-10)11(16)14-2-4-15-3-1-5-19(15,17)18/h6-8H,1-5H2,(H,14,16). The van der Waals surface area contributed by atoms with Crippen LogP contribution in [0.4, 0.5) is 0 Å². The van der Waals surface area contributed by atoms with Crippen molar-refractivity contribution in [1.82, 2.24) is 14.6 Å². The summed E-state index contributed by atoms with van der Waals surface area (Å²) >= 11 is 3.24. The van der Waals surface area contributed by atoms with Crippen LogP contribution in [0.25, 0.3) is 0 Å². The van der Waals surface area contributed by atoms with Crippen molar-refractivity contribution in [3.05, 3.63) is 28.5 Å². The smallest absolute Gasteiger partial charge is 0.252 e. The number of amides is 1. The van der Waals surface area contributed by atoms with Gasteiger partial charge in [0, 0.05) is 36.5 Å². The summed E-state index contributed by atoms with van der Waals surface area (Å²) in [5.74, 6) is -0.0540. The lowest BCUT2D eigenvalue weighted by atomic mass is 10.3. The molecule has 1 aromatic heterocycles. The maximum Gasteiger partial charge on any atom is 0.252 e. The molecule has 0 atom stereocenters. The molecule has 104 valence electrons. The molecule has 0 saturated carbocycles. The molecule has 0 radical (unpaired) electrons. The van der Waals surface area contributed by atoms with Crippen LogP contribution in [0.1, 0.15) is 16.8 Å². The molecule has 0 aromatic carbocycles. The van der Waals surface area contributed by atoms with Gasteiger partial charge in [-0.1, -0.05) is 0 Å². The van der Waals surface area contributed by atoms with Crippen molar-refractivity contribution in [2.75, 3.05) is 25.4 Å². The summed E-state index contributed by atoms with van der Waals surface area (Å²) in [6, 6.07) is 1.66. The molecule has 0 bridgehead atoms. The number of pyridine rings is 1. The molecular formula is C11H14BrN3O3S. The average molecular weight is 348 g/mol. The van der Waals surface area contributed by atoms with Crippen LogP contribution >= 0.6 is 15.9 Å². The number of carbonyl (C=O) groups is 1. The minimum atomic E-state index is -3.09. The van der Waals surface area contributed by atoms with Crippen LogP contribution < -0.4 is 5.32 Å². The van der Waals surface area contributed by atoms with Crippen molar-refractivity contribution >= 4 is 31.9 Å². The average Bonchev–Trinajstić information content (AvgIpc) is 2.69. The number of carbonyl (C=O) groups excluding carboxylic acids is 1. The third-order valence-electron chi connectivity index (χ3n) is 2.82. The summed E-state index contributed by atoms with van der Waals surface area (Å²) in [6.07, 6.45) is 3.71. The molecule has 6 nitrogen and oxygen atoms in total. The highest BCUT2D eigenvalue weighted by Gasteiger charge is 2.27. The Labute approximate surface area is 120 Å². The van der Waals surface area contributed by atoms with Gasteiger partial charge in [0.1, 0.15) is 0 Å². The molecule has 8 heteroatoms. The zero-order valence-corrected chi connectivity index (χ0v) is 12.6. The van der Waals surface area contributed by atoms with Crippen LogP contribution in [0, 0.1) is 0 Å². The van der Waals surface area contributed by atoms with Gasteiger partial charge in [0.25, 0.3) is 5.91 Å². The molecule has 1 aliphatic rings. The number of hydrogen-bond donors (Lipinski definition) is 1. The molecule has 1 aliphatic heterocycles. The zero-order chi connectivity index (χ0) is 13.9. The number of sulfonamides is 1. The van der Waals surface area contributed by atoms with E-state index in [1.165, 1.54) is 10.5 Å². The maximum atomic E-state index is 11.8. The van der Waals surface area contributed by atoms with Gasteiger partial charge in [-0.25, -0.2) is 12.7 Å². The molecule has 19 heavy (non-hydrogen) atoms. The lowest BCUT2D eigenvalue weighted by molar-refractivity contribution is 0.0951. The molecule has 0 aliphatic carbocycles. The number of halogens is 1. The van der Waals surface area contributed by atoms with Gasteiger partial charge in [0.05, 0.1) is 11.3 Å². The Morgan fingerprint density at radius 1 is 1.47 bits per heavy atom. The second-order valence-electron chi connectivity index (χ2n) is 4.22. The van der Waals surface area contributed by atoms with Crippen molar-refractivity contribution in [3.8, 4) is 0 Å². The van der Waals surface area contributed by atoms with Gasteiger partial charge in [-0.3, -0.25) is 9.78 Å². The van der Waals surface area contributed by atoms with Gasteiger partial charge in [-0.15, -0.1) is 0 Å². The van der Waals surface area contributed by atoms with Crippen molar-refractivity contribution in [3.63, 3.8) is 0 Å². The summed E-state index contributed by atoms with van der Waals surface area (Å²) in [4.78, 5) is 15.7. The zero-order valence-electron chi connectivity index (χ0n) is 10.2. The number of nitrogens with zero attached hydrogens (tertiary/aromatic N) is 2. The Morgan fingerprint density at radius 3 is 2.89 bits per heavy atom. The Balaban J connectivity index is 1.85. The lowest BCUT2D eigenvalue weighted by Crippen LogP contribution is -2.35. The van der Waals surface area contributed by atoms with E-state index in [0.29, 0.717) is 31.6 Å². The Hall–Kier alpha value is -0.990. The lowest BCUT2D eigenvalue weighted by Gasteiger charge is -2.14. The van der Waals surface area contributed by atoms with Crippen LogP contribution in [-0.4, -0.2) is 49.0 Å². The van der Waals surface area contributed by atoms with E-state index in [1.54, 1.807) is 12.3 Å². The molecule has 2 heterocycles. The summed E-state index contributed by atoms with van der Waals surface area (Å²) in [5, 5.41) is 2.68. The topological polar surface area (TPSA) is 79.4 Å². The molecule has 1 saturated heterocycles. The first kappa shape index (κ1) is 14.4. The molecule has 0 spiro atoms. The third-order valence-corrected chi connectivity index (χ3v) is 5.21. The highest BCUT2D eigenvalue weighted by molar-refractivity contribution is 9.10. The second-order valence-corrected chi connectivity index (χ2v) is 7.22. The Bertz CT molecular complexity index is 576. The van der Waals surface area contributed by atoms with Gasteiger partial charge < -0.3 is 5.32 Å². The predicted molar refractivity (Wildman–Crippen MR) is 74.2 cm³/mol. The van der Waals surface area contributed by atoms with E-state index in [2.05, 4.69) is 26.2 Å². The van der Waals surface area contributed by atoms with Crippen LogP contribution in [-0.2, 0) is 10.0 Å². The fraction of sp³-hybridized carbons (Fsp3) is 0.455. The molecule has 1 N–H and O–H groups in total. The van der Waals surface area contributed by atoms with Crippen molar-refractivity contribution in [2.45, 2.75) is 6.42 Å². The largest absolute Gasteiger partial charge is 0.351 e. The number of rotatable bonds is 4. The maximum absolute atomic E-state index is 11.8. The Kier molecular flexibility index (Phi) is 4.54. The molecule has 1 fully saturated rings. The summed E-state index contributed by atoms with van der Waals surface area (Å²) in [6.45, 7) is 1.15. The van der Waals surface area contributed by atoms with Crippen LogP contribution in [0.3, 0.4) is 0 Å². The van der Waals surface area contributed by atoms with Gasteiger partial charge in [0.2, 0.25) is 10.0 Å². The highest BCUT2D eigenvalue weighted by Crippen LogP contribution is 2.12. The molecule has 0 unspecified atom stereocenters. The van der Waals surface area contributed by atoms with Gasteiger partial charge in [-0.2, -0.15) is 0 Å². The summed E-state index contributed by atoms with van der Waals surface area (Å²) in [5.41, 5.74) is 0.443. The highest BCUT2D eigenvalue weighted by atomic mass is 79.9. The number of nitrogens with one attached hydrogen (secondary N) is 1. The minimum Gasteiger partial charge on any atom is -0.351 e. The fourth-order valence-corrected chi connectivity index (χ4v) is 3.77. The van der Waals surface area contributed by atoms with E-state index in [-0.39, 0.29) is 11.7 Å². The molecule has 2 rings (SSSR count). The van der Waals surface area contributed by atoms with E-state index in [0.717, 1.165) is 4.47 Å². The van der Waals surface area contributed by atoms with E-state index in [9.17, 15) is 13.2 Å². The number of hydrogen-bond acceptors (Lipinski definition) is 4. The van der Waals surface area contributed by atoms with E-state index < -0.39 is 10.0 Å². The van der Waals surface area contributed by atoms with Crippen LogP contribution in [0.2, 0.25) is 0 Å². The fourth-order valence-electron chi connectivity index (χ4n) is 1.87. The predicted octanol–water partition coefficient (Wildman–Crippen LogP) is 0.609.